The minimum absolute atomic E-state index is 0.352. The van der Waals surface area contributed by atoms with Crippen molar-refractivity contribution in [2.45, 2.75) is 0 Å². The number of fused-ring (bicyclic) bond motifs is 5. The fourth-order valence-electron chi connectivity index (χ4n) is 9.64. The van der Waals surface area contributed by atoms with Crippen molar-refractivity contribution < 1.29 is 4.42 Å². The van der Waals surface area contributed by atoms with Crippen LogP contribution in [-0.2, 0) is 0 Å². The van der Waals surface area contributed by atoms with E-state index in [1.54, 1.807) is 0 Å². The molecule has 0 radical (unpaired) electrons. The highest BCUT2D eigenvalue weighted by Crippen LogP contribution is 2.51. The Bertz CT molecular complexity index is 3900. The molecule has 0 spiro atoms. The monoisotopic (exact) mass is 746 g/mol. The van der Waals surface area contributed by atoms with Gasteiger partial charge in [0.15, 0.2) is 5.42 Å². The number of thiophene rings is 1. The molecule has 0 saturated carbocycles. The second kappa shape index (κ2) is 11.1. The first-order valence-corrected chi connectivity index (χ1v) is 19.9. The van der Waals surface area contributed by atoms with Crippen LogP contribution in [0.2, 0.25) is 0 Å². The topological polar surface area (TPSA) is 61.4 Å². The predicted molar refractivity (Wildman–Crippen MR) is 240 cm³/mol. The molecule has 4 aromatic heterocycles. The van der Waals surface area contributed by atoms with Gasteiger partial charge < -0.3 is 14.7 Å². The van der Waals surface area contributed by atoms with E-state index in [-0.39, 0.29) is 0 Å². The number of aliphatic imine (C=N–C) groups is 1. The Balaban J connectivity index is 1.15. The highest BCUT2D eigenvalue weighted by atomic mass is 32.1. The van der Waals surface area contributed by atoms with Crippen LogP contribution in [0, 0.1) is 0 Å². The van der Waals surface area contributed by atoms with E-state index < -0.39 is 0 Å². The number of hydrogen-bond donors (Lipinski definition) is 1. The maximum atomic E-state index is 7.40. The number of nitrogens with two attached hydrogens (primary N) is 1. The van der Waals surface area contributed by atoms with Gasteiger partial charge in [0.25, 0.3) is 0 Å². The highest BCUT2D eigenvalue weighted by molar-refractivity contribution is 7.26. The molecule has 1 aliphatic carbocycles. The van der Waals surface area contributed by atoms with Crippen LogP contribution >= 0.6 is 11.3 Å². The SMILES string of the molecule is C=c1/c(=C(\N=C(/N)n2c3ccc4cccc5c4c3c3c4c(ccc32)sc2cccc-5c24)c2ccc3c4ccccc4n(-c4ccccc4)c3c2)oc2ccccc12. The van der Waals surface area contributed by atoms with Crippen LogP contribution < -0.4 is 16.4 Å². The number of para-hydroxylation sites is 3. The largest absolute Gasteiger partial charge is 0.454 e. The summed E-state index contributed by atoms with van der Waals surface area (Å²) in [6.07, 6.45) is 0. The molecule has 12 aromatic rings. The van der Waals surface area contributed by atoms with Crippen molar-refractivity contribution in [1.82, 2.24) is 9.13 Å². The number of furan rings is 1. The number of benzene rings is 8. The second-order valence-electron chi connectivity index (χ2n) is 15.0. The Hall–Kier alpha value is -7.41. The smallest absolute Gasteiger partial charge is 0.205 e. The van der Waals surface area contributed by atoms with Crippen molar-refractivity contribution in [1.29, 1.82) is 0 Å². The third-order valence-corrected chi connectivity index (χ3v) is 13.1. The maximum absolute atomic E-state index is 7.40. The summed E-state index contributed by atoms with van der Waals surface area (Å²) in [5.41, 5.74) is 18.1. The number of rotatable bonds is 3. The Morgan fingerprint density at radius 2 is 1.26 bits per heavy atom. The fraction of sp³-hybridized carbons (Fsp3) is 0. The Labute approximate surface area is 328 Å². The molecule has 13 rings (SSSR count). The minimum Gasteiger partial charge on any atom is -0.454 e. The Morgan fingerprint density at radius 1 is 0.561 bits per heavy atom. The van der Waals surface area contributed by atoms with Crippen molar-refractivity contribution in [3.8, 4) is 16.8 Å². The predicted octanol–water partition coefficient (Wildman–Crippen LogP) is 11.6. The van der Waals surface area contributed by atoms with E-state index in [2.05, 4.69) is 149 Å². The first-order chi connectivity index (χ1) is 28.1. The van der Waals surface area contributed by atoms with Crippen molar-refractivity contribution in [3.63, 3.8) is 0 Å². The van der Waals surface area contributed by atoms with Gasteiger partial charge in [-0.2, -0.15) is 0 Å². The molecule has 8 aromatic carbocycles. The molecular weight excluding hydrogens is 717 g/mol. The normalized spacial score (nSPS) is 13.4. The van der Waals surface area contributed by atoms with E-state index in [1.807, 2.05) is 35.6 Å². The van der Waals surface area contributed by atoms with Crippen LogP contribution in [0.25, 0.3) is 115 Å². The highest BCUT2D eigenvalue weighted by Gasteiger charge is 2.26. The minimum atomic E-state index is 0.352. The van der Waals surface area contributed by atoms with E-state index in [4.69, 9.17) is 15.1 Å². The van der Waals surface area contributed by atoms with Crippen LogP contribution in [0.15, 0.2) is 167 Å². The zero-order valence-corrected chi connectivity index (χ0v) is 31.3. The first kappa shape index (κ1) is 30.9. The van der Waals surface area contributed by atoms with E-state index in [0.717, 1.165) is 54.9 Å². The van der Waals surface area contributed by atoms with Gasteiger partial charge in [0.1, 0.15) is 11.3 Å². The number of aromatic nitrogens is 2. The molecule has 6 heteroatoms. The van der Waals surface area contributed by atoms with E-state index in [0.29, 0.717) is 17.1 Å². The van der Waals surface area contributed by atoms with Gasteiger partial charge in [-0.15, -0.1) is 11.3 Å². The summed E-state index contributed by atoms with van der Waals surface area (Å²) in [6.45, 7) is 4.55. The second-order valence-corrected chi connectivity index (χ2v) is 16.0. The van der Waals surface area contributed by atoms with Gasteiger partial charge in [0.05, 0.1) is 22.1 Å². The van der Waals surface area contributed by atoms with Crippen molar-refractivity contribution in [2.24, 2.45) is 10.7 Å². The summed E-state index contributed by atoms with van der Waals surface area (Å²) in [5.74, 6) is 0.352. The molecule has 0 saturated heterocycles. The average Bonchev–Trinajstić information content (AvgIpc) is 3.97. The van der Waals surface area contributed by atoms with E-state index >= 15 is 0 Å². The van der Waals surface area contributed by atoms with Gasteiger partial charge in [-0.05, 0) is 76.5 Å². The lowest BCUT2D eigenvalue weighted by Crippen LogP contribution is -2.26. The maximum Gasteiger partial charge on any atom is 0.205 e. The van der Waals surface area contributed by atoms with Crippen molar-refractivity contribution in [2.75, 3.05) is 0 Å². The van der Waals surface area contributed by atoms with Gasteiger partial charge in [0, 0.05) is 63.6 Å². The molecule has 0 aliphatic heterocycles. The lowest BCUT2D eigenvalue weighted by Gasteiger charge is -2.12. The van der Waals surface area contributed by atoms with Gasteiger partial charge in [-0.25, -0.2) is 4.99 Å². The van der Waals surface area contributed by atoms with E-state index in [1.165, 1.54) is 58.2 Å². The van der Waals surface area contributed by atoms with Crippen LogP contribution in [0.5, 0.6) is 0 Å². The molecule has 0 unspecified atom stereocenters. The third-order valence-electron chi connectivity index (χ3n) is 12.0. The third kappa shape index (κ3) is 4.04. The quantitative estimate of drug-likeness (QED) is 0.145. The summed E-state index contributed by atoms with van der Waals surface area (Å²) < 4.78 is 13.7. The van der Waals surface area contributed by atoms with Gasteiger partial charge in [-0.3, -0.25) is 4.57 Å². The zero-order chi connectivity index (χ0) is 37.5. The zero-order valence-electron chi connectivity index (χ0n) is 30.5. The lowest BCUT2D eigenvalue weighted by molar-refractivity contribution is 0.572. The van der Waals surface area contributed by atoms with Crippen LogP contribution in [0.4, 0.5) is 0 Å². The molecule has 0 amide bonds. The molecule has 0 bridgehead atoms. The molecular formula is C51H30N4OS. The van der Waals surface area contributed by atoms with Crippen LogP contribution in [-0.4, -0.2) is 15.1 Å². The fourth-order valence-corrected chi connectivity index (χ4v) is 10.8. The molecule has 1 aliphatic rings. The molecule has 5 nitrogen and oxygen atoms in total. The molecule has 266 valence electrons. The van der Waals surface area contributed by atoms with Gasteiger partial charge in [-0.1, -0.05) is 110 Å². The summed E-state index contributed by atoms with van der Waals surface area (Å²) in [6, 6.07) is 55.9. The average molecular weight is 747 g/mol. The van der Waals surface area contributed by atoms with Gasteiger partial charge >= 0.3 is 0 Å². The van der Waals surface area contributed by atoms with Crippen molar-refractivity contribution >= 4 is 115 Å². The van der Waals surface area contributed by atoms with Crippen molar-refractivity contribution in [3.05, 3.63) is 174 Å². The van der Waals surface area contributed by atoms with Crippen LogP contribution in [0.3, 0.4) is 0 Å². The summed E-state index contributed by atoms with van der Waals surface area (Å²) >= 11 is 1.85. The standard InChI is InChI=1S/C51H30N4OS/c1-28-32-14-6-8-19-41(32)56-50(28)49(30-21-23-34-33-15-5-7-18-37(33)54(40(34)27-30)31-12-3-2-4-13-31)53-51(52)55-38-24-22-29-11-9-16-35-36-17-10-20-42-45(36)48-43(57-42)26-25-39(55)47(48)46(38)44(29)35/h2-27H,1H2,(H2,52,53)/b50-49+. The molecule has 0 atom stereocenters. The Kier molecular flexibility index (Phi) is 6.01. The van der Waals surface area contributed by atoms with E-state index in [9.17, 15) is 0 Å². The van der Waals surface area contributed by atoms with Gasteiger partial charge in [0.2, 0.25) is 5.96 Å². The molecule has 0 fully saturated rings. The van der Waals surface area contributed by atoms with Crippen LogP contribution in [0.1, 0.15) is 5.56 Å². The lowest BCUT2D eigenvalue weighted by atomic mass is 9.95. The number of hydrogen-bond acceptors (Lipinski definition) is 3. The summed E-state index contributed by atoms with van der Waals surface area (Å²) in [5, 5.41) is 11.5. The Morgan fingerprint density at radius 3 is 2.12 bits per heavy atom. The summed E-state index contributed by atoms with van der Waals surface area (Å²) in [7, 11) is 0. The summed E-state index contributed by atoms with van der Waals surface area (Å²) in [4.78, 5) is 5.43. The number of nitrogens with zero attached hydrogens (tertiary/aromatic N) is 3. The molecule has 2 N–H and O–H groups in total. The first-order valence-electron chi connectivity index (χ1n) is 19.1. The molecule has 57 heavy (non-hydrogen) atoms. The molecule has 4 heterocycles.